The lowest BCUT2D eigenvalue weighted by molar-refractivity contribution is -0.117. The largest absolute Gasteiger partial charge is 0.488 e. The van der Waals surface area contributed by atoms with Gasteiger partial charge in [0.1, 0.15) is 17.9 Å². The van der Waals surface area contributed by atoms with E-state index in [1.165, 1.54) is 15.8 Å². The van der Waals surface area contributed by atoms with Gasteiger partial charge in [0.05, 0.1) is 9.26 Å². The van der Waals surface area contributed by atoms with Crippen molar-refractivity contribution in [1.29, 1.82) is 0 Å². The maximum Gasteiger partial charge on any atom is 0.282 e. The molecule has 2 amide bonds. The van der Waals surface area contributed by atoms with E-state index in [0.717, 1.165) is 20.4 Å². The fraction of sp³-hybridized carbons (Fsp3) is 0.0370. The van der Waals surface area contributed by atoms with Gasteiger partial charge in [-0.25, -0.2) is 5.01 Å². The van der Waals surface area contributed by atoms with Crippen LogP contribution in [0.3, 0.4) is 0 Å². The fourth-order valence-corrected chi connectivity index (χ4v) is 4.48. The Morgan fingerprint density at radius 2 is 1.64 bits per heavy atom. The molecule has 0 saturated carbocycles. The first-order valence-corrected chi connectivity index (χ1v) is 11.5. The summed E-state index contributed by atoms with van der Waals surface area (Å²) in [5.74, 6) is -0.0496. The molecule has 5 rings (SSSR count). The molecule has 1 heterocycles. The number of carbonyl (C=O) groups excluding carboxylic acids is 2. The molecule has 1 aliphatic rings. The van der Waals surface area contributed by atoms with E-state index in [1.807, 2.05) is 54.6 Å². The van der Waals surface area contributed by atoms with Gasteiger partial charge in [-0.3, -0.25) is 15.0 Å². The molecule has 1 fully saturated rings. The summed E-state index contributed by atoms with van der Waals surface area (Å²) in [4.78, 5) is 25.2. The van der Waals surface area contributed by atoms with Crippen LogP contribution in [-0.4, -0.2) is 11.8 Å². The number of ether oxygens (including phenoxy) is 1. The molecule has 0 bridgehead atoms. The number of para-hydroxylation sites is 1. The van der Waals surface area contributed by atoms with E-state index < -0.39 is 5.91 Å². The predicted octanol–water partition coefficient (Wildman–Crippen LogP) is 5.48. The Balaban J connectivity index is 1.34. The monoisotopic (exact) mass is 546 g/mol. The van der Waals surface area contributed by atoms with Crippen molar-refractivity contribution in [2.24, 2.45) is 0 Å². The average Bonchev–Trinajstić information content (AvgIpc) is 3.12. The number of hydrogen-bond acceptors (Lipinski definition) is 3. The van der Waals surface area contributed by atoms with E-state index in [-0.39, 0.29) is 11.5 Å². The summed E-state index contributed by atoms with van der Waals surface area (Å²) >= 11 is 2.21. The summed E-state index contributed by atoms with van der Waals surface area (Å²) in [5, 5.41) is 3.62. The molecule has 1 N–H and O–H groups in total. The van der Waals surface area contributed by atoms with Gasteiger partial charge in [-0.1, -0.05) is 66.7 Å². The number of benzene rings is 4. The number of carbonyl (C=O) groups is 2. The molecule has 4 aromatic carbocycles. The molecule has 0 aliphatic carbocycles. The third-order valence-corrected chi connectivity index (χ3v) is 6.28. The van der Waals surface area contributed by atoms with Crippen LogP contribution in [0.25, 0.3) is 16.8 Å². The van der Waals surface area contributed by atoms with Crippen molar-refractivity contribution in [3.8, 4) is 5.75 Å². The van der Waals surface area contributed by atoms with Crippen molar-refractivity contribution >= 4 is 56.9 Å². The molecular formula is C27H19IN2O3. The van der Waals surface area contributed by atoms with Crippen LogP contribution in [-0.2, 0) is 16.2 Å². The van der Waals surface area contributed by atoms with E-state index in [1.54, 1.807) is 18.2 Å². The number of nitrogens with zero attached hydrogens (tertiary/aromatic N) is 1. The molecule has 0 atom stereocenters. The summed E-state index contributed by atoms with van der Waals surface area (Å²) < 4.78 is 6.99. The molecule has 4 aromatic rings. The van der Waals surface area contributed by atoms with Crippen LogP contribution in [0.15, 0.2) is 96.6 Å². The average molecular weight is 546 g/mol. The molecule has 1 aliphatic heterocycles. The lowest BCUT2D eigenvalue weighted by Gasteiger charge is -2.13. The predicted molar refractivity (Wildman–Crippen MR) is 137 cm³/mol. The van der Waals surface area contributed by atoms with E-state index >= 15 is 0 Å². The number of rotatable bonds is 5. The minimum absolute atomic E-state index is 0.0964. The number of nitrogens with one attached hydrogen (secondary N) is 1. The van der Waals surface area contributed by atoms with Gasteiger partial charge in [-0.05, 0) is 74.8 Å². The molecular weight excluding hydrogens is 527 g/mol. The van der Waals surface area contributed by atoms with E-state index in [2.05, 4.69) is 52.3 Å². The fourth-order valence-electron chi connectivity index (χ4n) is 3.78. The summed E-state index contributed by atoms with van der Waals surface area (Å²) in [6.07, 6.45) is 1.61. The molecule has 6 heteroatoms. The zero-order valence-electron chi connectivity index (χ0n) is 17.5. The Kier molecular flexibility index (Phi) is 5.83. The molecule has 0 unspecified atom stereocenters. The Labute approximate surface area is 204 Å². The van der Waals surface area contributed by atoms with Crippen molar-refractivity contribution in [2.75, 3.05) is 5.01 Å². The summed E-state index contributed by atoms with van der Waals surface area (Å²) in [6.45, 7) is 0.449. The molecule has 1 saturated heterocycles. The zero-order chi connectivity index (χ0) is 22.8. The quantitative estimate of drug-likeness (QED) is 0.205. The summed E-state index contributed by atoms with van der Waals surface area (Å²) in [7, 11) is 0. The van der Waals surface area contributed by atoms with Gasteiger partial charge in [-0.15, -0.1) is 0 Å². The minimum atomic E-state index is -0.421. The maximum atomic E-state index is 12.8. The molecule has 0 aromatic heterocycles. The van der Waals surface area contributed by atoms with E-state index in [0.29, 0.717) is 12.3 Å². The summed E-state index contributed by atoms with van der Waals surface area (Å²) in [6, 6.07) is 29.1. The number of amides is 2. The second-order valence-electron chi connectivity index (χ2n) is 7.59. The molecule has 0 radical (unpaired) electrons. The van der Waals surface area contributed by atoms with Crippen molar-refractivity contribution in [3.05, 3.63) is 111 Å². The highest BCUT2D eigenvalue weighted by Crippen LogP contribution is 2.27. The van der Waals surface area contributed by atoms with Crippen molar-refractivity contribution in [3.63, 3.8) is 0 Å². The van der Waals surface area contributed by atoms with Gasteiger partial charge < -0.3 is 4.74 Å². The molecule has 33 heavy (non-hydrogen) atoms. The second kappa shape index (κ2) is 9.07. The number of hydrazine groups is 1. The van der Waals surface area contributed by atoms with Crippen molar-refractivity contribution in [1.82, 2.24) is 5.43 Å². The lowest BCUT2D eigenvalue weighted by atomic mass is 10.1. The maximum absolute atomic E-state index is 12.8. The standard InChI is InChI=1S/C27H19IN2O3/c28-24-16-18(15-23-26(31)29-30(27(23)32)21-10-2-1-3-11-21)13-14-25(24)33-17-20-9-6-8-19-7-4-5-12-22(19)20/h1-16H,17H2,(H,29,31)/b23-15-. The van der Waals surface area contributed by atoms with Crippen LogP contribution < -0.4 is 15.2 Å². The number of hydrogen-bond donors (Lipinski definition) is 1. The smallest absolute Gasteiger partial charge is 0.282 e. The van der Waals surface area contributed by atoms with Gasteiger partial charge in [-0.2, -0.15) is 0 Å². The van der Waals surface area contributed by atoms with Crippen LogP contribution >= 0.6 is 22.6 Å². The molecule has 162 valence electrons. The first-order valence-electron chi connectivity index (χ1n) is 10.4. The normalized spacial score (nSPS) is 14.7. The van der Waals surface area contributed by atoms with Gasteiger partial charge >= 0.3 is 0 Å². The number of fused-ring (bicyclic) bond motifs is 1. The highest BCUT2D eigenvalue weighted by molar-refractivity contribution is 14.1. The first kappa shape index (κ1) is 21.2. The van der Waals surface area contributed by atoms with Crippen molar-refractivity contribution < 1.29 is 14.3 Å². The minimum Gasteiger partial charge on any atom is -0.488 e. The Hall–Kier alpha value is -3.65. The third kappa shape index (κ3) is 4.34. The van der Waals surface area contributed by atoms with Crippen LogP contribution in [0.1, 0.15) is 11.1 Å². The first-order chi connectivity index (χ1) is 16.1. The van der Waals surface area contributed by atoms with Gasteiger partial charge in [0, 0.05) is 0 Å². The van der Waals surface area contributed by atoms with Gasteiger partial charge in [0.15, 0.2) is 0 Å². The highest BCUT2D eigenvalue weighted by Gasteiger charge is 2.34. The second-order valence-corrected chi connectivity index (χ2v) is 8.75. The van der Waals surface area contributed by atoms with Crippen LogP contribution in [0.2, 0.25) is 0 Å². The third-order valence-electron chi connectivity index (χ3n) is 5.44. The molecule has 0 spiro atoms. The van der Waals surface area contributed by atoms with Gasteiger partial charge in [0.2, 0.25) is 0 Å². The van der Waals surface area contributed by atoms with Crippen molar-refractivity contribution in [2.45, 2.75) is 6.61 Å². The zero-order valence-corrected chi connectivity index (χ0v) is 19.7. The summed E-state index contributed by atoms with van der Waals surface area (Å²) in [5.41, 5.74) is 5.20. The van der Waals surface area contributed by atoms with Crippen LogP contribution in [0.4, 0.5) is 5.69 Å². The van der Waals surface area contributed by atoms with Gasteiger partial charge in [0.25, 0.3) is 11.8 Å². The Morgan fingerprint density at radius 3 is 2.45 bits per heavy atom. The Bertz CT molecular complexity index is 1390. The van der Waals surface area contributed by atoms with E-state index in [4.69, 9.17) is 4.74 Å². The topological polar surface area (TPSA) is 58.6 Å². The lowest BCUT2D eigenvalue weighted by Crippen LogP contribution is -2.35. The number of anilines is 1. The van der Waals surface area contributed by atoms with Crippen LogP contribution in [0, 0.1) is 3.57 Å². The van der Waals surface area contributed by atoms with Crippen LogP contribution in [0.5, 0.6) is 5.75 Å². The molecule has 5 nitrogen and oxygen atoms in total. The SMILES string of the molecule is O=C1NN(c2ccccc2)C(=O)/C1=C\c1ccc(OCc2cccc3ccccc23)c(I)c1. The highest BCUT2D eigenvalue weighted by atomic mass is 127. The Morgan fingerprint density at radius 1 is 0.879 bits per heavy atom. The number of halogens is 1. The van der Waals surface area contributed by atoms with E-state index in [9.17, 15) is 9.59 Å².